The van der Waals surface area contributed by atoms with Crippen LogP contribution in [0.1, 0.15) is 55.5 Å². The van der Waals surface area contributed by atoms with Crippen molar-refractivity contribution in [1.29, 1.82) is 0 Å². The molecule has 1 atom stereocenters. The zero-order valence-corrected chi connectivity index (χ0v) is 38.9. The van der Waals surface area contributed by atoms with E-state index in [1.54, 1.807) is 30.5 Å². The number of aromatic nitrogens is 2. The zero-order valence-electron chi connectivity index (χ0n) is 37.3. The molecule has 2 saturated heterocycles. The first-order valence-electron chi connectivity index (χ1n) is 22.3. The smallest absolute Gasteiger partial charge is 0.400 e. The predicted octanol–water partition coefficient (Wildman–Crippen LogP) is 8.67. The summed E-state index contributed by atoms with van der Waals surface area (Å²) in [6, 6.07) is 18.9. The maximum atomic E-state index is 15.3. The van der Waals surface area contributed by atoms with E-state index in [0.717, 1.165) is 44.0 Å². The second-order valence-corrected chi connectivity index (χ2v) is 20.4. The summed E-state index contributed by atoms with van der Waals surface area (Å²) in [5, 5.41) is 16.0. The van der Waals surface area contributed by atoms with Crippen molar-refractivity contribution in [2.24, 2.45) is 5.41 Å². The highest BCUT2D eigenvalue weighted by atomic mass is 35.5. The Labute approximate surface area is 395 Å². The number of allylic oxidation sites excluding steroid dienone is 1. The van der Waals surface area contributed by atoms with Gasteiger partial charge in [0.15, 0.2) is 0 Å². The van der Waals surface area contributed by atoms with Crippen LogP contribution in [0.25, 0.3) is 16.6 Å². The summed E-state index contributed by atoms with van der Waals surface area (Å²) < 4.78 is 90.9. The third kappa shape index (κ3) is 10.2. The molecule has 4 aliphatic rings. The molecule has 5 heterocycles. The molecule has 360 valence electrons. The van der Waals surface area contributed by atoms with E-state index in [-0.39, 0.29) is 47.8 Å². The molecule has 0 radical (unpaired) electrons. The number of nitrogens with zero attached hydrogens (tertiary/aromatic N) is 5. The molecule has 1 unspecified atom stereocenters. The Morgan fingerprint density at radius 3 is 2.47 bits per heavy atom. The molecule has 68 heavy (non-hydrogen) atoms. The van der Waals surface area contributed by atoms with Crippen molar-refractivity contribution < 1.29 is 45.5 Å². The summed E-state index contributed by atoms with van der Waals surface area (Å²) in [7, 11) is -4.82. The number of ether oxygens (including phenoxy) is 3. The number of aromatic amines is 1. The molecule has 1 amide bonds. The number of nitro groups is 1. The van der Waals surface area contributed by atoms with E-state index >= 15 is 13.2 Å². The van der Waals surface area contributed by atoms with E-state index in [4.69, 9.17) is 25.8 Å². The number of piperazine rings is 1. The number of fused-ring (bicyclic) bond motifs is 2. The largest absolute Gasteiger partial charge is 0.412 e. The van der Waals surface area contributed by atoms with Gasteiger partial charge in [-0.25, -0.2) is 17.5 Å². The van der Waals surface area contributed by atoms with Crippen LogP contribution < -0.4 is 24.6 Å². The SMILES string of the molecule is CC1(C)CCC(CN2CCN(c3ccc(C(=O)NS(=O)(=O)c4ccc(NCC5(F)COCCO5)c([N+](=O)[O-])c4)c(N4CCC(F)(F)Oc5nc6[nH]ccc6cc54)c3)CC2)=C(c2ccc(Cl)cc2)C1. The lowest BCUT2D eigenvalue weighted by Gasteiger charge is -2.39. The zero-order chi connectivity index (χ0) is 48.0. The van der Waals surface area contributed by atoms with Crippen molar-refractivity contribution in [1.82, 2.24) is 19.6 Å². The molecular formula is C47H50ClF3N8O8S. The monoisotopic (exact) mass is 978 g/mol. The third-order valence-corrected chi connectivity index (χ3v) is 14.4. The van der Waals surface area contributed by atoms with Gasteiger partial charge in [0.25, 0.3) is 21.6 Å². The summed E-state index contributed by atoms with van der Waals surface area (Å²) >= 11 is 6.24. The van der Waals surface area contributed by atoms with Gasteiger partial charge in [0, 0.05) is 67.6 Å². The van der Waals surface area contributed by atoms with Crippen molar-refractivity contribution in [2.45, 2.75) is 56.4 Å². The number of sulfonamides is 1. The maximum Gasteiger partial charge on any atom is 0.400 e. The van der Waals surface area contributed by atoms with Crippen LogP contribution in [-0.2, 0) is 19.5 Å². The molecule has 3 aliphatic heterocycles. The van der Waals surface area contributed by atoms with Crippen molar-refractivity contribution in [3.63, 3.8) is 0 Å². The van der Waals surface area contributed by atoms with Crippen molar-refractivity contribution in [3.8, 4) is 5.88 Å². The van der Waals surface area contributed by atoms with Crippen LogP contribution in [0.3, 0.4) is 0 Å². The molecule has 1 aliphatic carbocycles. The summed E-state index contributed by atoms with van der Waals surface area (Å²) in [5.74, 6) is -3.81. The number of alkyl halides is 3. The van der Waals surface area contributed by atoms with Crippen LogP contribution in [0, 0.1) is 15.5 Å². The topological polar surface area (TPSA) is 185 Å². The number of carbonyl (C=O) groups excluding carboxylic acids is 1. The number of nitro benzene ring substituents is 1. The minimum absolute atomic E-state index is 0.0257. The van der Waals surface area contributed by atoms with Crippen LogP contribution in [-0.4, -0.2) is 112 Å². The fourth-order valence-corrected chi connectivity index (χ4v) is 10.3. The van der Waals surface area contributed by atoms with Gasteiger partial charge in [-0.15, -0.1) is 0 Å². The number of hydrogen-bond acceptors (Lipinski definition) is 13. The average Bonchev–Trinajstić information content (AvgIpc) is 3.71. The second-order valence-electron chi connectivity index (χ2n) is 18.3. The number of amides is 1. The molecule has 0 saturated carbocycles. The number of carbonyl (C=O) groups is 1. The molecule has 5 aromatic rings. The summed E-state index contributed by atoms with van der Waals surface area (Å²) in [6.07, 6.45) is 0.142. The number of H-pyrrole nitrogens is 1. The van der Waals surface area contributed by atoms with Crippen LogP contribution in [0.5, 0.6) is 5.88 Å². The third-order valence-electron chi connectivity index (χ3n) is 12.8. The van der Waals surface area contributed by atoms with Gasteiger partial charge < -0.3 is 34.3 Å². The molecule has 9 rings (SSSR count). The van der Waals surface area contributed by atoms with Gasteiger partial charge in [0.05, 0.1) is 47.2 Å². The van der Waals surface area contributed by atoms with Gasteiger partial charge in [-0.2, -0.15) is 13.8 Å². The number of rotatable bonds is 12. The van der Waals surface area contributed by atoms with Crippen LogP contribution >= 0.6 is 11.6 Å². The highest BCUT2D eigenvalue weighted by molar-refractivity contribution is 7.90. The lowest BCUT2D eigenvalue weighted by Crippen LogP contribution is -2.47. The van der Waals surface area contributed by atoms with E-state index in [1.165, 1.54) is 27.7 Å². The standard InChI is InChI=1S/C47H50ClF3N8O8S/c1-45(2)13-11-32(37(26-45)30-3-5-33(48)6-4-30)27-56-17-19-57(20-18-56)34-7-9-36(39(24-34)58-16-14-47(50,51)67-44-41(58)23-31-12-15-52-42(31)54-44)43(60)55-68(63,64)35-8-10-38(40(25-35)59(61)62)53-28-46(49)29-65-21-22-66-46/h3-10,12,15,23-25,53H,11,13-14,16-22,26-29H2,1-2H3,(H,52,54)(H,55,60). The molecule has 16 nitrogen and oxygen atoms in total. The Morgan fingerprint density at radius 2 is 1.74 bits per heavy atom. The molecule has 2 aromatic heterocycles. The summed E-state index contributed by atoms with van der Waals surface area (Å²) in [5.41, 5.74) is 4.14. The number of anilines is 4. The average molecular weight is 979 g/mol. The fourth-order valence-electron chi connectivity index (χ4n) is 9.15. The molecule has 2 fully saturated rings. The minimum atomic E-state index is -4.82. The molecule has 21 heteroatoms. The van der Waals surface area contributed by atoms with Crippen LogP contribution in [0.4, 0.5) is 41.6 Å². The Morgan fingerprint density at radius 1 is 0.956 bits per heavy atom. The van der Waals surface area contributed by atoms with E-state index in [9.17, 15) is 23.3 Å². The van der Waals surface area contributed by atoms with Gasteiger partial charge in [-0.1, -0.05) is 43.2 Å². The van der Waals surface area contributed by atoms with Crippen molar-refractivity contribution >= 4 is 72.6 Å². The van der Waals surface area contributed by atoms with Gasteiger partial charge in [0.2, 0.25) is 11.7 Å². The summed E-state index contributed by atoms with van der Waals surface area (Å²) in [6.45, 7) is 6.83. The number of hydrogen-bond donors (Lipinski definition) is 3. The Balaban J connectivity index is 1.01. The Bertz CT molecular complexity index is 2890. The Kier molecular flexibility index (Phi) is 12.8. The first-order chi connectivity index (χ1) is 32.3. The predicted molar refractivity (Wildman–Crippen MR) is 251 cm³/mol. The first-order valence-corrected chi connectivity index (χ1v) is 24.1. The maximum absolute atomic E-state index is 15.3. The van der Waals surface area contributed by atoms with Gasteiger partial charge in [-0.05, 0) is 90.4 Å². The molecular weight excluding hydrogens is 929 g/mol. The van der Waals surface area contributed by atoms with Gasteiger partial charge in [-0.3, -0.25) is 19.8 Å². The van der Waals surface area contributed by atoms with E-state index in [0.29, 0.717) is 47.9 Å². The lowest BCUT2D eigenvalue weighted by molar-refractivity contribution is -0.384. The normalized spacial score (nSPS) is 20.9. The molecule has 3 aromatic carbocycles. The first kappa shape index (κ1) is 47.1. The van der Waals surface area contributed by atoms with Crippen LogP contribution in [0.15, 0.2) is 89.5 Å². The number of halogens is 4. The van der Waals surface area contributed by atoms with E-state index in [1.807, 2.05) is 16.9 Å². The molecule has 0 spiro atoms. The lowest BCUT2D eigenvalue weighted by atomic mass is 9.72. The van der Waals surface area contributed by atoms with Crippen molar-refractivity contribution in [3.05, 3.63) is 111 Å². The second kappa shape index (κ2) is 18.5. The van der Waals surface area contributed by atoms with E-state index < -0.39 is 68.9 Å². The van der Waals surface area contributed by atoms with E-state index in [2.05, 4.69) is 51.1 Å². The Hall–Kier alpha value is -5.93. The fraction of sp³-hybridized carbons (Fsp3) is 0.404. The number of nitrogens with one attached hydrogen (secondary N) is 3. The highest BCUT2D eigenvalue weighted by Gasteiger charge is 2.40. The minimum Gasteiger partial charge on any atom is -0.412 e. The van der Waals surface area contributed by atoms with Gasteiger partial charge in [0.1, 0.15) is 23.6 Å². The summed E-state index contributed by atoms with van der Waals surface area (Å²) in [4.78, 5) is 38.3. The van der Waals surface area contributed by atoms with Crippen LogP contribution in [0.2, 0.25) is 5.02 Å². The number of pyridine rings is 1. The quantitative estimate of drug-likeness (QED) is 0.0798. The molecule has 3 N–H and O–H groups in total. The highest BCUT2D eigenvalue weighted by Crippen LogP contribution is 2.45. The number of benzene rings is 3. The molecule has 0 bridgehead atoms. The van der Waals surface area contributed by atoms with Crippen molar-refractivity contribution in [2.75, 3.05) is 80.8 Å². The van der Waals surface area contributed by atoms with Gasteiger partial charge >= 0.3 is 6.11 Å².